The summed E-state index contributed by atoms with van der Waals surface area (Å²) < 4.78 is 0. The molecule has 1 aromatic carbocycles. The summed E-state index contributed by atoms with van der Waals surface area (Å²) in [4.78, 5) is 28.6. The second-order valence-electron chi connectivity index (χ2n) is 8.68. The Hall–Kier alpha value is -2.09. The minimum absolute atomic E-state index is 0.272. The minimum atomic E-state index is -0.515. The largest absolute Gasteiger partial charge is 0.365 e. The van der Waals surface area contributed by atoms with Gasteiger partial charge >= 0.3 is 6.03 Å². The monoisotopic (exact) mass is 460 g/mol. The number of nitrogens with two attached hydrogens (primary N) is 1. The fourth-order valence-electron chi connectivity index (χ4n) is 4.63. The molecule has 31 heavy (non-hydrogen) atoms. The number of thiophene rings is 1. The van der Waals surface area contributed by atoms with Gasteiger partial charge < -0.3 is 11.1 Å². The van der Waals surface area contributed by atoms with Gasteiger partial charge in [-0.1, -0.05) is 18.0 Å². The zero-order chi connectivity index (χ0) is 22.1. The van der Waals surface area contributed by atoms with Crippen molar-refractivity contribution in [1.29, 1.82) is 0 Å². The van der Waals surface area contributed by atoms with E-state index in [2.05, 4.69) is 22.5 Å². The lowest BCUT2D eigenvalue weighted by molar-refractivity contribution is 0.100. The molecule has 0 spiro atoms. The molecule has 2 aromatic rings. The highest BCUT2D eigenvalue weighted by atomic mass is 35.5. The molecule has 1 saturated carbocycles. The molecule has 0 bridgehead atoms. The SMILES string of the molecule is Cc1c(C2CCC(C)N2CC2CCC2)sc(NC(=O)Nc2ccc(Cl)cc2)c1C(N)=O. The molecule has 2 atom stereocenters. The Balaban J connectivity index is 1.55. The lowest BCUT2D eigenvalue weighted by Gasteiger charge is -2.35. The molecule has 3 amide bonds. The van der Waals surface area contributed by atoms with Crippen LogP contribution in [0.3, 0.4) is 0 Å². The number of primary amides is 1. The van der Waals surface area contributed by atoms with E-state index in [9.17, 15) is 9.59 Å². The summed E-state index contributed by atoms with van der Waals surface area (Å²) in [6.07, 6.45) is 6.15. The first-order valence-corrected chi connectivity index (χ1v) is 12.0. The number of nitrogens with one attached hydrogen (secondary N) is 2. The number of nitrogens with zero attached hydrogens (tertiary/aromatic N) is 1. The van der Waals surface area contributed by atoms with Crippen molar-refractivity contribution >= 4 is 45.6 Å². The van der Waals surface area contributed by atoms with E-state index in [1.165, 1.54) is 30.6 Å². The molecule has 2 aliphatic rings. The van der Waals surface area contributed by atoms with Crippen LogP contribution in [0.2, 0.25) is 5.02 Å². The summed E-state index contributed by atoms with van der Waals surface area (Å²) in [5, 5.41) is 6.72. The molecule has 166 valence electrons. The molecule has 4 rings (SSSR count). The molecule has 2 heterocycles. The predicted octanol–water partition coefficient (Wildman–Crippen LogP) is 5.78. The van der Waals surface area contributed by atoms with Crippen molar-refractivity contribution in [3.8, 4) is 0 Å². The van der Waals surface area contributed by atoms with Crippen LogP contribution in [0, 0.1) is 12.8 Å². The molecular formula is C23H29ClN4O2S. The normalized spacial score (nSPS) is 21.6. The fraction of sp³-hybridized carbons (Fsp3) is 0.478. The van der Waals surface area contributed by atoms with Gasteiger partial charge in [0, 0.05) is 34.2 Å². The van der Waals surface area contributed by atoms with Crippen molar-refractivity contribution in [3.63, 3.8) is 0 Å². The van der Waals surface area contributed by atoms with Crippen molar-refractivity contribution < 1.29 is 9.59 Å². The number of likely N-dealkylation sites (tertiary alicyclic amines) is 1. The Kier molecular flexibility index (Phi) is 6.55. The summed E-state index contributed by atoms with van der Waals surface area (Å²) in [5.74, 6) is 0.264. The third kappa shape index (κ3) is 4.73. The van der Waals surface area contributed by atoms with Gasteiger partial charge in [-0.25, -0.2) is 4.79 Å². The van der Waals surface area contributed by atoms with E-state index < -0.39 is 11.9 Å². The van der Waals surface area contributed by atoms with Crippen LogP contribution in [0.5, 0.6) is 0 Å². The van der Waals surface area contributed by atoms with E-state index in [1.807, 2.05) is 6.92 Å². The van der Waals surface area contributed by atoms with Crippen LogP contribution in [0.4, 0.5) is 15.5 Å². The average molecular weight is 461 g/mol. The van der Waals surface area contributed by atoms with Crippen LogP contribution in [0.1, 0.15) is 65.9 Å². The maximum atomic E-state index is 12.6. The van der Waals surface area contributed by atoms with E-state index in [-0.39, 0.29) is 6.04 Å². The minimum Gasteiger partial charge on any atom is -0.365 e. The van der Waals surface area contributed by atoms with E-state index in [0.29, 0.717) is 27.3 Å². The van der Waals surface area contributed by atoms with Crippen LogP contribution in [0.25, 0.3) is 0 Å². The Labute approximate surface area is 192 Å². The van der Waals surface area contributed by atoms with Gasteiger partial charge in [-0.15, -0.1) is 11.3 Å². The molecule has 1 saturated heterocycles. The summed E-state index contributed by atoms with van der Waals surface area (Å²) in [6.45, 7) is 5.34. The maximum Gasteiger partial charge on any atom is 0.324 e. The van der Waals surface area contributed by atoms with Crippen LogP contribution < -0.4 is 16.4 Å². The number of anilines is 2. The van der Waals surface area contributed by atoms with E-state index in [1.54, 1.807) is 24.3 Å². The zero-order valence-electron chi connectivity index (χ0n) is 17.9. The van der Waals surface area contributed by atoms with Gasteiger partial charge in [-0.2, -0.15) is 0 Å². The molecule has 6 nitrogen and oxygen atoms in total. The first-order chi connectivity index (χ1) is 14.8. The second kappa shape index (κ2) is 9.18. The van der Waals surface area contributed by atoms with Gasteiger partial charge in [0.05, 0.1) is 5.56 Å². The summed E-state index contributed by atoms with van der Waals surface area (Å²) in [5.41, 5.74) is 7.63. The maximum absolute atomic E-state index is 12.6. The predicted molar refractivity (Wildman–Crippen MR) is 127 cm³/mol. The van der Waals surface area contributed by atoms with Crippen LogP contribution in [-0.4, -0.2) is 29.4 Å². The third-order valence-corrected chi connectivity index (χ3v) is 8.14. The first kappa shape index (κ1) is 22.1. The van der Waals surface area contributed by atoms with E-state index in [0.717, 1.165) is 35.7 Å². The second-order valence-corrected chi connectivity index (χ2v) is 10.2. The number of amides is 3. The number of benzene rings is 1. The number of carbonyl (C=O) groups is 2. The zero-order valence-corrected chi connectivity index (χ0v) is 19.5. The molecule has 1 aliphatic heterocycles. The average Bonchev–Trinajstić information content (AvgIpc) is 3.19. The summed E-state index contributed by atoms with van der Waals surface area (Å²) in [7, 11) is 0. The number of urea groups is 1. The topological polar surface area (TPSA) is 87.5 Å². The lowest BCUT2D eigenvalue weighted by Crippen LogP contribution is -2.36. The van der Waals surface area contributed by atoms with E-state index >= 15 is 0 Å². The van der Waals surface area contributed by atoms with Crippen molar-refractivity contribution in [2.24, 2.45) is 11.7 Å². The highest BCUT2D eigenvalue weighted by Gasteiger charge is 2.37. The van der Waals surface area contributed by atoms with Crippen LogP contribution in [0.15, 0.2) is 24.3 Å². The van der Waals surface area contributed by atoms with E-state index in [4.69, 9.17) is 17.3 Å². The van der Waals surface area contributed by atoms with Gasteiger partial charge in [0.2, 0.25) is 0 Å². The lowest BCUT2D eigenvalue weighted by atomic mass is 9.84. The van der Waals surface area contributed by atoms with Crippen LogP contribution in [-0.2, 0) is 0 Å². The number of rotatable bonds is 6. The first-order valence-electron chi connectivity index (χ1n) is 10.9. The van der Waals surface area contributed by atoms with Crippen LogP contribution >= 0.6 is 22.9 Å². The molecule has 0 radical (unpaired) electrons. The quantitative estimate of drug-likeness (QED) is 0.510. The van der Waals surface area contributed by atoms with Crippen molar-refractivity contribution in [1.82, 2.24) is 4.90 Å². The van der Waals surface area contributed by atoms with Gasteiger partial charge in [0.1, 0.15) is 5.00 Å². The number of carbonyl (C=O) groups excluding carboxylic acids is 2. The molecule has 1 aromatic heterocycles. The summed E-state index contributed by atoms with van der Waals surface area (Å²) >= 11 is 7.38. The Morgan fingerprint density at radius 3 is 2.48 bits per heavy atom. The third-order valence-electron chi connectivity index (χ3n) is 6.58. The fourth-order valence-corrected chi connectivity index (χ4v) is 6.12. The van der Waals surface area contributed by atoms with Gasteiger partial charge in [-0.05, 0) is 75.3 Å². The Bertz CT molecular complexity index is 971. The number of hydrogen-bond donors (Lipinski definition) is 3. The molecule has 1 aliphatic carbocycles. The Morgan fingerprint density at radius 1 is 1.16 bits per heavy atom. The molecular weight excluding hydrogens is 432 g/mol. The Morgan fingerprint density at radius 2 is 1.87 bits per heavy atom. The molecule has 4 N–H and O–H groups in total. The number of hydrogen-bond acceptors (Lipinski definition) is 4. The van der Waals surface area contributed by atoms with Crippen molar-refractivity contribution in [2.45, 2.75) is 58.0 Å². The number of halogens is 1. The van der Waals surface area contributed by atoms with Gasteiger partial charge in [0.15, 0.2) is 0 Å². The standard InChI is InChI=1S/C23H29ClN4O2S/c1-13-6-11-18(28(13)12-15-4-3-5-15)20-14(2)19(21(25)29)22(31-20)27-23(30)26-17-9-7-16(24)8-10-17/h7-10,13,15,18H,3-6,11-12H2,1-2H3,(H2,25,29)(H2,26,27,30). The summed E-state index contributed by atoms with van der Waals surface area (Å²) in [6, 6.07) is 7.24. The molecule has 8 heteroatoms. The molecule has 2 unspecified atom stereocenters. The van der Waals surface area contributed by atoms with Gasteiger partial charge in [0.25, 0.3) is 5.91 Å². The van der Waals surface area contributed by atoms with Crippen molar-refractivity contribution in [3.05, 3.63) is 45.3 Å². The van der Waals surface area contributed by atoms with Gasteiger partial charge in [-0.3, -0.25) is 15.0 Å². The highest BCUT2D eigenvalue weighted by molar-refractivity contribution is 7.17. The smallest absolute Gasteiger partial charge is 0.324 e. The highest BCUT2D eigenvalue weighted by Crippen LogP contribution is 2.46. The molecule has 2 fully saturated rings. The van der Waals surface area contributed by atoms with Crippen molar-refractivity contribution in [2.75, 3.05) is 17.2 Å².